The monoisotopic (exact) mass is 376 g/mol. The van der Waals surface area contributed by atoms with Gasteiger partial charge >= 0.3 is 0 Å². The molecule has 1 aliphatic heterocycles. The number of nitrogens with one attached hydrogen (secondary N) is 1. The third-order valence-electron chi connectivity index (χ3n) is 3.79. The highest BCUT2D eigenvalue weighted by atomic mass is 32.2. The maximum Gasteiger partial charge on any atom is 0.290 e. The third kappa shape index (κ3) is 3.57. The molecule has 1 aliphatic rings. The molecule has 132 valence electrons. The van der Waals surface area contributed by atoms with Gasteiger partial charge in [0.25, 0.3) is 11.1 Å². The molecule has 3 aromatic rings. The zero-order chi connectivity index (χ0) is 18.8. The molecule has 2 aromatic heterocycles. The van der Waals surface area contributed by atoms with Crippen LogP contribution in [0, 0.1) is 11.8 Å². The molecule has 0 bridgehead atoms. The lowest BCUT2D eigenvalue weighted by Gasteiger charge is -1.97. The molecule has 2 amide bonds. The van der Waals surface area contributed by atoms with Crippen LogP contribution >= 0.6 is 11.8 Å². The highest BCUT2D eigenvalue weighted by Gasteiger charge is 2.25. The van der Waals surface area contributed by atoms with Crippen LogP contribution in [0.1, 0.15) is 16.9 Å². The van der Waals surface area contributed by atoms with E-state index in [-0.39, 0.29) is 4.91 Å². The molecule has 3 heterocycles. The predicted octanol–water partition coefficient (Wildman–Crippen LogP) is 3.56. The van der Waals surface area contributed by atoms with E-state index in [1.54, 1.807) is 25.6 Å². The summed E-state index contributed by atoms with van der Waals surface area (Å²) in [4.78, 5) is 27.4. The van der Waals surface area contributed by atoms with Gasteiger partial charge in [0.05, 0.1) is 17.6 Å². The molecule has 0 radical (unpaired) electrons. The average molecular weight is 376 g/mol. The molecular weight excluding hydrogens is 364 g/mol. The van der Waals surface area contributed by atoms with Crippen LogP contribution in [-0.2, 0) is 4.79 Å². The molecule has 0 saturated carbocycles. The van der Waals surface area contributed by atoms with E-state index in [2.05, 4.69) is 22.1 Å². The summed E-state index contributed by atoms with van der Waals surface area (Å²) in [7, 11) is 1.61. The molecule has 1 saturated heterocycles. The van der Waals surface area contributed by atoms with Gasteiger partial charge in [-0.15, -0.1) is 0 Å². The van der Waals surface area contributed by atoms with Gasteiger partial charge in [0.2, 0.25) is 0 Å². The van der Waals surface area contributed by atoms with Gasteiger partial charge in [0.15, 0.2) is 5.58 Å². The lowest BCUT2D eigenvalue weighted by Crippen LogP contribution is -2.17. The van der Waals surface area contributed by atoms with Crippen LogP contribution in [0.25, 0.3) is 17.0 Å². The molecule has 0 unspecified atom stereocenters. The summed E-state index contributed by atoms with van der Waals surface area (Å²) in [5, 5.41) is 2.58. The van der Waals surface area contributed by atoms with Crippen LogP contribution < -0.4 is 10.1 Å². The van der Waals surface area contributed by atoms with E-state index in [0.29, 0.717) is 16.9 Å². The number of ether oxygens (including phenoxy) is 1. The Morgan fingerprint density at radius 1 is 1.19 bits per heavy atom. The molecule has 0 atom stereocenters. The summed E-state index contributed by atoms with van der Waals surface area (Å²) in [6, 6.07) is 9.16. The highest BCUT2D eigenvalue weighted by molar-refractivity contribution is 8.18. The Balaban J connectivity index is 1.68. The molecule has 0 aliphatic carbocycles. The van der Waals surface area contributed by atoms with E-state index in [4.69, 9.17) is 9.15 Å². The number of furan rings is 1. The van der Waals surface area contributed by atoms with Gasteiger partial charge in [-0.05, 0) is 42.1 Å². The molecule has 7 heteroatoms. The topological polar surface area (TPSA) is 81.4 Å². The van der Waals surface area contributed by atoms with Gasteiger partial charge in [-0.2, -0.15) is 0 Å². The van der Waals surface area contributed by atoms with Gasteiger partial charge in [-0.25, -0.2) is 0 Å². The zero-order valence-corrected chi connectivity index (χ0v) is 14.9. The first-order valence-electron chi connectivity index (χ1n) is 7.91. The molecule has 4 rings (SSSR count). The van der Waals surface area contributed by atoms with Crippen LogP contribution in [0.4, 0.5) is 4.79 Å². The number of carbonyl (C=O) groups is 2. The molecule has 27 heavy (non-hydrogen) atoms. The van der Waals surface area contributed by atoms with Crippen molar-refractivity contribution in [2.45, 2.75) is 0 Å². The second-order valence-corrected chi connectivity index (χ2v) is 6.60. The van der Waals surface area contributed by atoms with Gasteiger partial charge in [-0.3, -0.25) is 19.9 Å². The number of methoxy groups -OCH3 is 1. The summed E-state index contributed by atoms with van der Waals surface area (Å²) in [6.45, 7) is 0. The van der Waals surface area contributed by atoms with Crippen molar-refractivity contribution >= 4 is 40.0 Å². The van der Waals surface area contributed by atoms with E-state index in [1.807, 2.05) is 24.3 Å². The van der Waals surface area contributed by atoms with Crippen LogP contribution in [0.3, 0.4) is 0 Å². The van der Waals surface area contributed by atoms with Crippen molar-refractivity contribution in [3.63, 3.8) is 0 Å². The first kappa shape index (κ1) is 16.9. The van der Waals surface area contributed by atoms with Gasteiger partial charge < -0.3 is 9.15 Å². The quantitative estimate of drug-likeness (QED) is 0.544. The number of thioether (sulfide) groups is 1. The number of rotatable bonds is 2. The third-order valence-corrected chi connectivity index (χ3v) is 4.60. The average Bonchev–Trinajstić information content (AvgIpc) is 3.22. The first-order chi connectivity index (χ1) is 13.1. The van der Waals surface area contributed by atoms with Crippen molar-refractivity contribution in [1.29, 1.82) is 0 Å². The number of benzene rings is 1. The van der Waals surface area contributed by atoms with Gasteiger partial charge in [0.1, 0.15) is 11.5 Å². The maximum absolute atomic E-state index is 11.7. The molecule has 1 aromatic carbocycles. The number of imide groups is 1. The Labute approximate surface area is 158 Å². The van der Waals surface area contributed by atoms with Gasteiger partial charge in [0, 0.05) is 29.4 Å². The Hall–Kier alpha value is -3.50. The number of pyridine rings is 1. The highest BCUT2D eigenvalue weighted by Crippen LogP contribution is 2.28. The van der Waals surface area contributed by atoms with Crippen LogP contribution in [0.15, 0.2) is 52.0 Å². The Morgan fingerprint density at radius 2 is 2.00 bits per heavy atom. The van der Waals surface area contributed by atoms with Crippen LogP contribution in [0.2, 0.25) is 0 Å². The number of fused-ring (bicyclic) bond motifs is 1. The number of hydrogen-bond acceptors (Lipinski definition) is 6. The number of nitrogens with zero attached hydrogens (tertiary/aromatic N) is 1. The van der Waals surface area contributed by atoms with E-state index < -0.39 is 11.1 Å². The van der Waals surface area contributed by atoms with Gasteiger partial charge in [-0.1, -0.05) is 11.8 Å². The standard InChI is InChI=1S/C20H12N2O4S/c1-25-15-6-3-12(4-7-15)2-5-13-10-21-11-14-8-16(26-18(13)14)9-17-19(23)22-20(24)27-17/h3-4,6-11H,1H3,(H,22,23,24)/b17-9-. The molecule has 1 N–H and O–H groups in total. The number of amides is 2. The number of aromatic nitrogens is 1. The lowest BCUT2D eigenvalue weighted by atomic mass is 10.2. The second kappa shape index (κ2) is 7.02. The first-order valence-corrected chi connectivity index (χ1v) is 8.72. The summed E-state index contributed by atoms with van der Waals surface area (Å²) in [5.74, 6) is 6.92. The summed E-state index contributed by atoms with van der Waals surface area (Å²) < 4.78 is 11.0. The Bertz CT molecular complexity index is 1150. The van der Waals surface area contributed by atoms with Crippen molar-refractivity contribution in [2.24, 2.45) is 0 Å². The minimum atomic E-state index is -0.428. The summed E-state index contributed by atoms with van der Waals surface area (Å²) in [5.41, 5.74) is 2.04. The molecule has 6 nitrogen and oxygen atoms in total. The fraction of sp³-hybridized carbons (Fsp3) is 0.0500. The largest absolute Gasteiger partial charge is 0.497 e. The van der Waals surface area contributed by atoms with E-state index >= 15 is 0 Å². The SMILES string of the molecule is COc1ccc(C#Cc2cncc3cc(/C=C4\SC(=O)NC4=O)oc23)cc1. The number of carbonyl (C=O) groups excluding carboxylic acids is 2. The fourth-order valence-corrected chi connectivity index (χ4v) is 3.17. The van der Waals surface area contributed by atoms with Crippen LogP contribution in [-0.4, -0.2) is 23.2 Å². The fourth-order valence-electron chi connectivity index (χ4n) is 2.51. The summed E-state index contributed by atoms with van der Waals surface area (Å²) >= 11 is 0.841. The van der Waals surface area contributed by atoms with E-state index in [0.717, 1.165) is 28.5 Å². The van der Waals surface area contributed by atoms with Crippen molar-refractivity contribution in [2.75, 3.05) is 7.11 Å². The predicted molar refractivity (Wildman–Crippen MR) is 102 cm³/mol. The number of hydrogen-bond donors (Lipinski definition) is 1. The van der Waals surface area contributed by atoms with E-state index in [9.17, 15) is 9.59 Å². The summed E-state index contributed by atoms with van der Waals surface area (Å²) in [6.07, 6.45) is 4.82. The Morgan fingerprint density at radius 3 is 2.70 bits per heavy atom. The minimum absolute atomic E-state index is 0.290. The van der Waals surface area contributed by atoms with Crippen molar-refractivity contribution in [3.05, 3.63) is 64.5 Å². The molecule has 1 fully saturated rings. The van der Waals surface area contributed by atoms with Crippen molar-refractivity contribution < 1.29 is 18.7 Å². The normalized spacial score (nSPS) is 14.9. The van der Waals surface area contributed by atoms with Crippen LogP contribution in [0.5, 0.6) is 5.75 Å². The van der Waals surface area contributed by atoms with Crippen molar-refractivity contribution in [1.82, 2.24) is 10.3 Å². The smallest absolute Gasteiger partial charge is 0.290 e. The molecular formula is C20H12N2O4S. The van der Waals surface area contributed by atoms with Crippen molar-refractivity contribution in [3.8, 4) is 17.6 Å². The maximum atomic E-state index is 11.7. The lowest BCUT2D eigenvalue weighted by molar-refractivity contribution is -0.115. The molecule has 0 spiro atoms. The second-order valence-electron chi connectivity index (χ2n) is 5.58. The Kier molecular flexibility index (Phi) is 4.40. The zero-order valence-electron chi connectivity index (χ0n) is 14.1. The van der Waals surface area contributed by atoms with E-state index in [1.165, 1.54) is 6.08 Å². The minimum Gasteiger partial charge on any atom is -0.497 e.